The van der Waals surface area contributed by atoms with E-state index in [2.05, 4.69) is 0 Å². The molecule has 3 rings (SSSR count). The molecule has 160 valence electrons. The van der Waals surface area contributed by atoms with Crippen molar-refractivity contribution < 1.29 is 31.8 Å². The van der Waals surface area contributed by atoms with Gasteiger partial charge in [0.25, 0.3) is 0 Å². The van der Waals surface area contributed by atoms with E-state index in [0.29, 0.717) is 17.1 Å². The van der Waals surface area contributed by atoms with Gasteiger partial charge in [-0.25, -0.2) is 4.39 Å². The van der Waals surface area contributed by atoms with Crippen molar-refractivity contribution in [3.8, 4) is 11.5 Å². The molecule has 30 heavy (non-hydrogen) atoms. The Balaban J connectivity index is 1.61. The third kappa shape index (κ3) is 5.14. The maximum Gasteiger partial charge on any atom is 0.426 e. The molecule has 2 aromatic rings. The summed E-state index contributed by atoms with van der Waals surface area (Å²) < 4.78 is 62.1. The highest BCUT2D eigenvalue weighted by atomic mass is 35.5. The molecule has 0 spiro atoms. The molecule has 1 saturated carbocycles. The van der Waals surface area contributed by atoms with Gasteiger partial charge in [-0.2, -0.15) is 13.2 Å². The van der Waals surface area contributed by atoms with Gasteiger partial charge in [-0.15, -0.1) is 0 Å². The molecule has 0 radical (unpaired) electrons. The summed E-state index contributed by atoms with van der Waals surface area (Å²) >= 11 is 5.30. The number of rotatable bonds is 6. The summed E-state index contributed by atoms with van der Waals surface area (Å²) in [5, 5.41) is -1.24. The zero-order chi connectivity index (χ0) is 22.1. The molecule has 8 heteroatoms. The van der Waals surface area contributed by atoms with Crippen LogP contribution in [-0.2, 0) is 16.1 Å². The number of alkyl halides is 3. The average Bonchev–Trinajstić information content (AvgIpc) is 3.19. The van der Waals surface area contributed by atoms with Gasteiger partial charge in [-0.3, -0.25) is 4.79 Å². The fourth-order valence-electron chi connectivity index (χ4n) is 3.30. The van der Waals surface area contributed by atoms with Gasteiger partial charge in [0.2, 0.25) is 0 Å². The number of halogens is 5. The molecule has 0 aliphatic heterocycles. The van der Waals surface area contributed by atoms with E-state index in [4.69, 9.17) is 21.1 Å². The van der Waals surface area contributed by atoms with Gasteiger partial charge in [0.15, 0.2) is 0 Å². The number of allylic oxidation sites excluding steroid dienone is 2. The fraction of sp³-hybridized carbons (Fsp3) is 0.318. The number of hydrogen-bond acceptors (Lipinski definition) is 3. The zero-order valence-corrected chi connectivity index (χ0v) is 16.9. The van der Waals surface area contributed by atoms with E-state index in [1.54, 1.807) is 44.2 Å². The van der Waals surface area contributed by atoms with Crippen LogP contribution in [0.25, 0.3) is 0 Å². The largest absolute Gasteiger partial charge is 0.461 e. The van der Waals surface area contributed by atoms with Crippen LogP contribution in [0, 0.1) is 23.1 Å². The number of esters is 1. The van der Waals surface area contributed by atoms with Gasteiger partial charge >= 0.3 is 12.1 Å². The monoisotopic (exact) mass is 442 g/mol. The second-order valence-electron chi connectivity index (χ2n) is 7.65. The lowest BCUT2D eigenvalue weighted by Crippen LogP contribution is -2.11. The summed E-state index contributed by atoms with van der Waals surface area (Å²) in [4.78, 5) is 12.4. The third-order valence-electron chi connectivity index (χ3n) is 5.07. The lowest BCUT2D eigenvalue weighted by Gasteiger charge is -2.09. The number of carbonyl (C=O) groups is 1. The molecule has 0 saturated heterocycles. The predicted molar refractivity (Wildman–Crippen MR) is 103 cm³/mol. The first-order chi connectivity index (χ1) is 14.0. The van der Waals surface area contributed by atoms with Crippen LogP contribution in [-0.4, -0.2) is 12.1 Å². The Morgan fingerprint density at radius 3 is 2.40 bits per heavy atom. The van der Waals surface area contributed by atoms with E-state index >= 15 is 0 Å². The Kier molecular flexibility index (Phi) is 6.13. The van der Waals surface area contributed by atoms with Crippen molar-refractivity contribution in [3.05, 3.63) is 71.0 Å². The van der Waals surface area contributed by atoms with E-state index in [1.807, 2.05) is 0 Å². The van der Waals surface area contributed by atoms with E-state index in [0.717, 1.165) is 6.08 Å². The first kappa shape index (κ1) is 22.2. The smallest absolute Gasteiger partial charge is 0.426 e. The van der Waals surface area contributed by atoms with Crippen LogP contribution in [0.2, 0.25) is 0 Å². The van der Waals surface area contributed by atoms with Crippen molar-refractivity contribution in [2.75, 3.05) is 0 Å². The lowest BCUT2D eigenvalue weighted by molar-refractivity contribution is -0.147. The molecule has 3 nitrogen and oxygen atoms in total. The van der Waals surface area contributed by atoms with Crippen molar-refractivity contribution >= 4 is 17.6 Å². The van der Waals surface area contributed by atoms with Gasteiger partial charge in [0.05, 0.1) is 5.92 Å². The summed E-state index contributed by atoms with van der Waals surface area (Å²) in [7, 11) is 0. The molecule has 0 amide bonds. The molecule has 0 unspecified atom stereocenters. The second-order valence-corrected chi connectivity index (χ2v) is 8.06. The summed E-state index contributed by atoms with van der Waals surface area (Å²) in [6, 6.07) is 12.4. The molecule has 0 aromatic heterocycles. The highest BCUT2D eigenvalue weighted by Crippen LogP contribution is 2.60. The summed E-state index contributed by atoms with van der Waals surface area (Å²) in [5.41, 5.74) is -0.0544. The normalized spacial score (nSPS) is 20.6. The number of ether oxygens (including phenoxy) is 2. The summed E-state index contributed by atoms with van der Waals surface area (Å²) in [6.45, 7) is 3.30. The Morgan fingerprint density at radius 1 is 1.13 bits per heavy atom. The molecule has 2 aromatic carbocycles. The molecule has 1 aliphatic carbocycles. The quantitative estimate of drug-likeness (QED) is 0.372. The highest BCUT2D eigenvalue weighted by molar-refractivity contribution is 6.30. The van der Waals surface area contributed by atoms with Crippen LogP contribution >= 0.6 is 11.6 Å². The zero-order valence-electron chi connectivity index (χ0n) is 16.2. The van der Waals surface area contributed by atoms with Gasteiger partial charge < -0.3 is 9.47 Å². The van der Waals surface area contributed by atoms with Crippen LogP contribution < -0.4 is 4.74 Å². The Morgan fingerprint density at radius 2 is 1.77 bits per heavy atom. The van der Waals surface area contributed by atoms with Crippen molar-refractivity contribution in [3.63, 3.8) is 0 Å². The maximum atomic E-state index is 13.3. The van der Waals surface area contributed by atoms with Crippen LogP contribution in [0.3, 0.4) is 0 Å². The number of benzene rings is 2. The third-order valence-corrected chi connectivity index (χ3v) is 5.41. The van der Waals surface area contributed by atoms with Gasteiger partial charge in [-0.05, 0) is 41.2 Å². The Hall–Kier alpha value is -2.54. The topological polar surface area (TPSA) is 35.5 Å². The predicted octanol–water partition coefficient (Wildman–Crippen LogP) is 6.62. The van der Waals surface area contributed by atoms with E-state index in [1.165, 1.54) is 18.2 Å². The van der Waals surface area contributed by atoms with Crippen LogP contribution in [0.5, 0.6) is 11.5 Å². The first-order valence-corrected chi connectivity index (χ1v) is 9.50. The molecule has 1 fully saturated rings. The lowest BCUT2D eigenvalue weighted by atomic mass is 10.1. The standard InChI is InChI=1S/C22H19ClF4O3/c1-21(2)17(11-18(23)22(25,26)27)19(21)20(28)29-12-13-5-3-7-15(9-13)30-16-8-4-6-14(24)10-16/h3-11,17,19H,12H2,1-2H3/b18-11-/t17-,19-/m0/s1. The van der Waals surface area contributed by atoms with Gasteiger partial charge in [0.1, 0.15) is 29.0 Å². The Bertz CT molecular complexity index is 969. The van der Waals surface area contributed by atoms with Crippen molar-refractivity contribution in [1.82, 2.24) is 0 Å². The second kappa shape index (κ2) is 8.30. The minimum Gasteiger partial charge on any atom is -0.461 e. The van der Waals surface area contributed by atoms with E-state index in [-0.39, 0.29) is 6.61 Å². The maximum absolute atomic E-state index is 13.3. The van der Waals surface area contributed by atoms with Crippen LogP contribution in [0.4, 0.5) is 17.6 Å². The van der Waals surface area contributed by atoms with Crippen LogP contribution in [0.1, 0.15) is 19.4 Å². The molecule has 0 bridgehead atoms. The SMILES string of the molecule is CC1(C)[C@H](C(=O)OCc2cccc(Oc3cccc(F)c3)c2)[C@@H]1/C=C(\Cl)C(F)(F)F. The number of hydrogen-bond donors (Lipinski definition) is 0. The minimum atomic E-state index is -4.64. The Labute approximate surface area is 176 Å². The van der Waals surface area contributed by atoms with E-state index in [9.17, 15) is 22.4 Å². The molecule has 0 N–H and O–H groups in total. The van der Waals surface area contributed by atoms with Crippen molar-refractivity contribution in [2.24, 2.45) is 17.3 Å². The molecular formula is C22H19ClF4O3. The molecule has 2 atom stereocenters. The molecular weight excluding hydrogens is 424 g/mol. The molecule has 0 heterocycles. The average molecular weight is 443 g/mol. The van der Waals surface area contributed by atoms with Gasteiger partial charge in [0, 0.05) is 6.07 Å². The van der Waals surface area contributed by atoms with Crippen molar-refractivity contribution in [1.29, 1.82) is 0 Å². The molecule has 1 aliphatic rings. The van der Waals surface area contributed by atoms with Crippen molar-refractivity contribution in [2.45, 2.75) is 26.6 Å². The summed E-state index contributed by atoms with van der Waals surface area (Å²) in [5.74, 6) is -1.64. The fourth-order valence-corrected chi connectivity index (χ4v) is 3.44. The van der Waals surface area contributed by atoms with Gasteiger partial charge in [-0.1, -0.05) is 49.7 Å². The van der Waals surface area contributed by atoms with Crippen LogP contribution in [0.15, 0.2) is 59.6 Å². The highest BCUT2D eigenvalue weighted by Gasteiger charge is 2.62. The summed E-state index contributed by atoms with van der Waals surface area (Å²) in [6.07, 6.45) is -3.77. The number of carbonyl (C=O) groups excluding carboxylic acids is 1. The van der Waals surface area contributed by atoms with E-state index < -0.39 is 40.2 Å². The first-order valence-electron chi connectivity index (χ1n) is 9.12. The minimum absolute atomic E-state index is 0.0742.